The van der Waals surface area contributed by atoms with Gasteiger partial charge in [0, 0.05) is 26.2 Å². The zero-order valence-corrected chi connectivity index (χ0v) is 21.5. The summed E-state index contributed by atoms with van der Waals surface area (Å²) in [6, 6.07) is 17.7. The van der Waals surface area contributed by atoms with Crippen LogP contribution < -0.4 is 21.3 Å². The molecule has 0 bridgehead atoms. The molecule has 2 aromatic carbocycles. The van der Waals surface area contributed by atoms with E-state index >= 15 is 0 Å². The van der Waals surface area contributed by atoms with Gasteiger partial charge < -0.3 is 26.4 Å². The number of amides is 4. The predicted octanol–water partition coefficient (Wildman–Crippen LogP) is 1.23. The Kier molecular flexibility index (Phi) is 13.5. The topological polar surface area (TPSA) is 137 Å². The first-order valence-electron chi connectivity index (χ1n) is 12.2. The van der Waals surface area contributed by atoms with Crippen molar-refractivity contribution in [1.29, 1.82) is 0 Å². The third kappa shape index (κ3) is 7.91. The summed E-state index contributed by atoms with van der Waals surface area (Å²) in [7, 11) is 0. The molecule has 0 spiro atoms. The zero-order valence-electron chi connectivity index (χ0n) is 21.5. The average molecular weight is 499 g/mol. The molecule has 0 unspecified atom stereocenters. The molecular weight excluding hydrogens is 460 g/mol. The number of likely N-dealkylation sites (N-methyl/N-ethyl adjacent to an activating group) is 4. The third-order valence-electron chi connectivity index (χ3n) is 5.31. The van der Waals surface area contributed by atoms with Crippen LogP contribution in [0.3, 0.4) is 0 Å². The molecule has 0 aliphatic rings. The Morgan fingerprint density at radius 1 is 0.667 bits per heavy atom. The molecule has 0 saturated carbocycles. The fourth-order valence-electron chi connectivity index (χ4n) is 3.57. The Labute approximate surface area is 213 Å². The SMILES string of the molecule is CCNC(=O)C(C(=O)NCC)c1ccccc1.CCNC(=O)C(CO)(C(=O)NCC)c1ccccc1. The molecule has 0 aliphatic heterocycles. The number of hydrogen-bond acceptors (Lipinski definition) is 5. The number of hydrogen-bond donors (Lipinski definition) is 5. The summed E-state index contributed by atoms with van der Waals surface area (Å²) in [6.07, 6.45) is 0. The summed E-state index contributed by atoms with van der Waals surface area (Å²) >= 11 is 0. The van der Waals surface area contributed by atoms with E-state index in [1.807, 2.05) is 32.0 Å². The lowest BCUT2D eigenvalue weighted by atomic mass is 9.79. The van der Waals surface area contributed by atoms with E-state index in [4.69, 9.17) is 0 Å². The van der Waals surface area contributed by atoms with Crippen LogP contribution in [-0.2, 0) is 24.6 Å². The Morgan fingerprint density at radius 3 is 1.42 bits per heavy atom. The van der Waals surface area contributed by atoms with E-state index in [2.05, 4.69) is 21.3 Å². The maximum absolute atomic E-state index is 12.3. The highest BCUT2D eigenvalue weighted by Gasteiger charge is 2.46. The Balaban J connectivity index is 0.000000362. The summed E-state index contributed by atoms with van der Waals surface area (Å²) < 4.78 is 0. The molecule has 0 aromatic heterocycles. The van der Waals surface area contributed by atoms with Gasteiger partial charge in [0.2, 0.25) is 23.6 Å². The average Bonchev–Trinajstić information content (AvgIpc) is 2.87. The van der Waals surface area contributed by atoms with Gasteiger partial charge in [-0.05, 0) is 38.8 Å². The number of rotatable bonds is 11. The van der Waals surface area contributed by atoms with Gasteiger partial charge in [0.05, 0.1) is 6.61 Å². The van der Waals surface area contributed by atoms with Crippen molar-refractivity contribution in [2.45, 2.75) is 39.0 Å². The lowest BCUT2D eigenvalue weighted by molar-refractivity contribution is -0.140. The fraction of sp³-hybridized carbons (Fsp3) is 0.407. The van der Waals surface area contributed by atoms with Gasteiger partial charge in [-0.25, -0.2) is 0 Å². The first-order chi connectivity index (χ1) is 17.3. The van der Waals surface area contributed by atoms with Gasteiger partial charge in [-0.1, -0.05) is 60.7 Å². The number of carbonyl (C=O) groups is 4. The van der Waals surface area contributed by atoms with Crippen molar-refractivity contribution in [3.63, 3.8) is 0 Å². The summed E-state index contributed by atoms with van der Waals surface area (Å²) in [4.78, 5) is 48.3. The quantitative estimate of drug-likeness (QED) is 0.297. The lowest BCUT2D eigenvalue weighted by Crippen LogP contribution is -2.57. The number of aliphatic hydroxyl groups is 1. The van der Waals surface area contributed by atoms with Crippen molar-refractivity contribution in [3.05, 3.63) is 71.8 Å². The molecule has 2 aromatic rings. The first-order valence-corrected chi connectivity index (χ1v) is 12.2. The Morgan fingerprint density at radius 2 is 1.06 bits per heavy atom. The van der Waals surface area contributed by atoms with Crippen molar-refractivity contribution < 1.29 is 24.3 Å². The molecule has 9 heteroatoms. The molecule has 0 fully saturated rings. The maximum atomic E-state index is 12.3. The fourth-order valence-corrected chi connectivity index (χ4v) is 3.57. The standard InChI is InChI=1S/C14H20N2O3.C13H18N2O2/c1-3-15-12(18)14(10-17,13(19)16-4-2)11-8-6-5-7-9-11;1-3-14-12(16)11(13(17)15-4-2)10-8-6-5-7-9-10/h5-9,17H,3-4,10H2,1-2H3,(H,15,18)(H,16,19);5-9,11H,3-4H2,1-2H3,(H,14,16)(H,15,17). The van der Waals surface area contributed by atoms with E-state index in [1.165, 1.54) is 0 Å². The van der Waals surface area contributed by atoms with Crippen LogP contribution in [0, 0.1) is 0 Å². The molecule has 196 valence electrons. The van der Waals surface area contributed by atoms with Crippen molar-refractivity contribution in [2.75, 3.05) is 32.8 Å². The van der Waals surface area contributed by atoms with Gasteiger partial charge in [-0.15, -0.1) is 0 Å². The second-order valence-electron chi connectivity index (χ2n) is 7.78. The van der Waals surface area contributed by atoms with Crippen LogP contribution in [0.4, 0.5) is 0 Å². The molecule has 2 rings (SSSR count). The minimum atomic E-state index is -1.59. The second kappa shape index (κ2) is 16.0. The van der Waals surface area contributed by atoms with Crippen LogP contribution in [0.25, 0.3) is 0 Å². The first kappa shape index (κ1) is 30.3. The molecule has 0 atom stereocenters. The molecule has 9 nitrogen and oxygen atoms in total. The summed E-state index contributed by atoms with van der Waals surface area (Å²) in [6.45, 7) is 8.44. The predicted molar refractivity (Wildman–Crippen MR) is 139 cm³/mol. The Hall–Kier alpha value is -3.72. The molecule has 0 saturated heterocycles. The van der Waals surface area contributed by atoms with E-state index in [9.17, 15) is 24.3 Å². The molecule has 0 heterocycles. The molecule has 5 N–H and O–H groups in total. The minimum Gasteiger partial charge on any atom is -0.394 e. The van der Waals surface area contributed by atoms with Crippen LogP contribution in [0.2, 0.25) is 0 Å². The van der Waals surface area contributed by atoms with E-state index in [0.717, 1.165) is 0 Å². The normalized spacial score (nSPS) is 10.5. The molecular formula is C27H38N4O5. The van der Waals surface area contributed by atoms with E-state index in [-0.39, 0.29) is 11.8 Å². The number of nitrogens with one attached hydrogen (secondary N) is 4. The van der Waals surface area contributed by atoms with Crippen LogP contribution >= 0.6 is 0 Å². The maximum Gasteiger partial charge on any atom is 0.242 e. The van der Waals surface area contributed by atoms with Gasteiger partial charge in [0.1, 0.15) is 5.92 Å². The van der Waals surface area contributed by atoms with Gasteiger partial charge in [0.25, 0.3) is 0 Å². The summed E-state index contributed by atoms with van der Waals surface area (Å²) in [5.41, 5.74) is -0.397. The van der Waals surface area contributed by atoms with Crippen molar-refractivity contribution >= 4 is 23.6 Å². The summed E-state index contributed by atoms with van der Waals surface area (Å²) in [5.74, 6) is -2.27. The van der Waals surface area contributed by atoms with Crippen molar-refractivity contribution in [3.8, 4) is 0 Å². The van der Waals surface area contributed by atoms with Gasteiger partial charge >= 0.3 is 0 Å². The monoisotopic (exact) mass is 498 g/mol. The zero-order chi connectivity index (χ0) is 27.0. The number of benzene rings is 2. The summed E-state index contributed by atoms with van der Waals surface area (Å²) in [5, 5.41) is 20.3. The van der Waals surface area contributed by atoms with E-state index < -0.39 is 29.8 Å². The largest absolute Gasteiger partial charge is 0.394 e. The molecule has 0 aliphatic carbocycles. The highest BCUT2D eigenvalue weighted by molar-refractivity contribution is 6.11. The smallest absolute Gasteiger partial charge is 0.242 e. The molecule has 36 heavy (non-hydrogen) atoms. The van der Waals surface area contributed by atoms with Crippen LogP contribution in [0.5, 0.6) is 0 Å². The molecule has 0 radical (unpaired) electrons. The second-order valence-corrected chi connectivity index (χ2v) is 7.78. The van der Waals surface area contributed by atoms with Crippen molar-refractivity contribution in [2.24, 2.45) is 0 Å². The molecule has 4 amide bonds. The third-order valence-corrected chi connectivity index (χ3v) is 5.31. The number of aliphatic hydroxyl groups excluding tert-OH is 1. The van der Waals surface area contributed by atoms with Gasteiger partial charge in [-0.3, -0.25) is 19.2 Å². The highest BCUT2D eigenvalue weighted by atomic mass is 16.3. The minimum absolute atomic E-state index is 0.260. The van der Waals surface area contributed by atoms with Crippen LogP contribution in [0.1, 0.15) is 44.7 Å². The number of carbonyl (C=O) groups excluding carboxylic acids is 4. The van der Waals surface area contributed by atoms with E-state index in [1.54, 1.807) is 56.3 Å². The Bertz CT molecular complexity index is 931. The van der Waals surface area contributed by atoms with Gasteiger partial charge in [-0.2, -0.15) is 0 Å². The lowest BCUT2D eigenvalue weighted by Gasteiger charge is -2.29. The van der Waals surface area contributed by atoms with Crippen LogP contribution in [-0.4, -0.2) is 61.5 Å². The highest BCUT2D eigenvalue weighted by Crippen LogP contribution is 2.25. The van der Waals surface area contributed by atoms with E-state index in [0.29, 0.717) is 37.3 Å². The van der Waals surface area contributed by atoms with Crippen LogP contribution in [0.15, 0.2) is 60.7 Å². The van der Waals surface area contributed by atoms with Gasteiger partial charge in [0.15, 0.2) is 5.41 Å². The van der Waals surface area contributed by atoms with Crippen molar-refractivity contribution in [1.82, 2.24) is 21.3 Å².